The third kappa shape index (κ3) is 4.85. The Bertz CT molecular complexity index is 880. The number of nitrogens with zero attached hydrogens (tertiary/aromatic N) is 2. The second-order valence-electron chi connectivity index (χ2n) is 6.13. The van der Waals surface area contributed by atoms with E-state index in [2.05, 4.69) is 10.3 Å². The minimum Gasteiger partial charge on any atom is -0.494 e. The molecule has 2 aromatic carbocycles. The van der Waals surface area contributed by atoms with Crippen LogP contribution in [0.1, 0.15) is 22.8 Å². The number of hydrogen-bond donors (Lipinski definition) is 1. The molecule has 0 atom stereocenters. The maximum Gasteiger partial charge on any atom is 0.257 e. The topological polar surface area (TPSA) is 54.5 Å². The zero-order valence-electron chi connectivity index (χ0n) is 15.6. The monoisotopic (exact) mass is 361 g/mol. The largest absolute Gasteiger partial charge is 0.494 e. The van der Waals surface area contributed by atoms with Crippen LogP contribution in [0.4, 0.5) is 11.5 Å². The van der Waals surface area contributed by atoms with Gasteiger partial charge in [0, 0.05) is 25.5 Å². The van der Waals surface area contributed by atoms with E-state index in [1.807, 2.05) is 61.5 Å². The first-order valence-corrected chi connectivity index (χ1v) is 8.91. The Morgan fingerprint density at radius 2 is 1.78 bits per heavy atom. The van der Waals surface area contributed by atoms with Crippen LogP contribution in [-0.4, -0.2) is 29.4 Å². The van der Waals surface area contributed by atoms with Gasteiger partial charge in [-0.2, -0.15) is 0 Å². The van der Waals surface area contributed by atoms with E-state index in [0.29, 0.717) is 24.5 Å². The van der Waals surface area contributed by atoms with Crippen LogP contribution in [0.5, 0.6) is 5.75 Å². The Balaban J connectivity index is 1.75. The molecule has 0 unspecified atom stereocenters. The van der Waals surface area contributed by atoms with Crippen molar-refractivity contribution in [3.05, 3.63) is 84.1 Å². The van der Waals surface area contributed by atoms with Gasteiger partial charge in [0.25, 0.3) is 5.91 Å². The van der Waals surface area contributed by atoms with Crippen molar-refractivity contribution in [3.8, 4) is 5.75 Å². The molecule has 0 spiro atoms. The Kier molecular flexibility index (Phi) is 6.05. The second-order valence-corrected chi connectivity index (χ2v) is 6.13. The molecule has 0 saturated carbocycles. The van der Waals surface area contributed by atoms with Crippen LogP contribution >= 0.6 is 0 Å². The summed E-state index contributed by atoms with van der Waals surface area (Å²) in [4.78, 5) is 19.0. The van der Waals surface area contributed by atoms with Gasteiger partial charge in [-0.25, -0.2) is 4.98 Å². The number of amides is 1. The Morgan fingerprint density at radius 3 is 2.48 bits per heavy atom. The summed E-state index contributed by atoms with van der Waals surface area (Å²) >= 11 is 0. The SMILES string of the molecule is CCOc1ccc(Nc2ncccc2C(=O)N(C)Cc2ccccc2)cc1. The molecule has 1 N–H and O–H groups in total. The van der Waals surface area contributed by atoms with E-state index in [1.54, 1.807) is 30.3 Å². The number of rotatable bonds is 7. The van der Waals surface area contributed by atoms with Gasteiger partial charge in [-0.1, -0.05) is 30.3 Å². The van der Waals surface area contributed by atoms with Crippen LogP contribution in [0.2, 0.25) is 0 Å². The summed E-state index contributed by atoms with van der Waals surface area (Å²) in [6.45, 7) is 3.11. The highest BCUT2D eigenvalue weighted by molar-refractivity contribution is 5.99. The molecule has 3 rings (SSSR count). The van der Waals surface area contributed by atoms with Gasteiger partial charge in [-0.05, 0) is 48.9 Å². The van der Waals surface area contributed by atoms with E-state index < -0.39 is 0 Å². The first kappa shape index (κ1) is 18.5. The lowest BCUT2D eigenvalue weighted by molar-refractivity contribution is 0.0786. The number of benzene rings is 2. The van der Waals surface area contributed by atoms with Gasteiger partial charge >= 0.3 is 0 Å². The molecule has 0 saturated heterocycles. The molecule has 5 heteroatoms. The van der Waals surface area contributed by atoms with Crippen LogP contribution in [0.25, 0.3) is 0 Å². The van der Waals surface area contributed by atoms with E-state index in [4.69, 9.17) is 4.74 Å². The molecule has 0 aliphatic carbocycles. The number of carbonyl (C=O) groups is 1. The summed E-state index contributed by atoms with van der Waals surface area (Å²) in [6.07, 6.45) is 1.67. The van der Waals surface area contributed by atoms with Crippen LogP contribution in [-0.2, 0) is 6.54 Å². The fourth-order valence-corrected chi connectivity index (χ4v) is 2.75. The molecule has 138 valence electrons. The lowest BCUT2D eigenvalue weighted by Crippen LogP contribution is -2.27. The van der Waals surface area contributed by atoms with E-state index in [0.717, 1.165) is 17.0 Å². The number of carbonyl (C=O) groups excluding carboxylic acids is 1. The number of aromatic nitrogens is 1. The van der Waals surface area contributed by atoms with Gasteiger partial charge in [0.2, 0.25) is 0 Å². The number of ether oxygens (including phenoxy) is 1. The minimum atomic E-state index is -0.0830. The van der Waals surface area contributed by atoms with Crippen LogP contribution in [0.3, 0.4) is 0 Å². The Labute approximate surface area is 159 Å². The highest BCUT2D eigenvalue weighted by atomic mass is 16.5. The molecular weight excluding hydrogens is 338 g/mol. The van der Waals surface area contributed by atoms with Gasteiger partial charge in [0.15, 0.2) is 0 Å². The average molecular weight is 361 g/mol. The summed E-state index contributed by atoms with van der Waals surface area (Å²) in [5.74, 6) is 1.26. The van der Waals surface area contributed by atoms with Crippen molar-refractivity contribution in [1.29, 1.82) is 0 Å². The van der Waals surface area contributed by atoms with Crippen molar-refractivity contribution in [2.75, 3.05) is 19.0 Å². The average Bonchev–Trinajstić information content (AvgIpc) is 2.70. The summed E-state index contributed by atoms with van der Waals surface area (Å²) < 4.78 is 5.46. The summed E-state index contributed by atoms with van der Waals surface area (Å²) in [7, 11) is 1.79. The molecule has 0 bridgehead atoms. The van der Waals surface area contributed by atoms with Gasteiger partial charge in [-0.3, -0.25) is 4.79 Å². The van der Waals surface area contributed by atoms with Crippen LogP contribution < -0.4 is 10.1 Å². The van der Waals surface area contributed by atoms with Crippen molar-refractivity contribution in [2.45, 2.75) is 13.5 Å². The zero-order chi connectivity index (χ0) is 19.1. The molecule has 27 heavy (non-hydrogen) atoms. The number of anilines is 2. The van der Waals surface area contributed by atoms with Crippen LogP contribution in [0, 0.1) is 0 Å². The van der Waals surface area contributed by atoms with Gasteiger partial charge < -0.3 is 15.0 Å². The molecule has 1 aromatic heterocycles. The summed E-state index contributed by atoms with van der Waals surface area (Å²) in [5.41, 5.74) is 2.46. The molecule has 0 radical (unpaired) electrons. The van der Waals surface area contributed by atoms with Crippen LogP contribution in [0.15, 0.2) is 72.9 Å². The van der Waals surface area contributed by atoms with Crippen molar-refractivity contribution >= 4 is 17.4 Å². The van der Waals surface area contributed by atoms with Gasteiger partial charge in [0.1, 0.15) is 11.6 Å². The third-order valence-corrected chi connectivity index (χ3v) is 4.08. The van der Waals surface area contributed by atoms with Gasteiger partial charge in [0.05, 0.1) is 12.2 Å². The maximum atomic E-state index is 12.9. The smallest absolute Gasteiger partial charge is 0.257 e. The molecule has 0 fully saturated rings. The number of hydrogen-bond acceptors (Lipinski definition) is 4. The lowest BCUT2D eigenvalue weighted by Gasteiger charge is -2.19. The molecular formula is C22H23N3O2. The van der Waals surface area contributed by atoms with E-state index in [9.17, 15) is 4.79 Å². The number of pyridine rings is 1. The fraction of sp³-hybridized carbons (Fsp3) is 0.182. The quantitative estimate of drug-likeness (QED) is 0.673. The van der Waals surface area contributed by atoms with E-state index in [-0.39, 0.29) is 5.91 Å². The van der Waals surface area contributed by atoms with Crippen molar-refractivity contribution in [2.24, 2.45) is 0 Å². The van der Waals surface area contributed by atoms with E-state index in [1.165, 1.54) is 0 Å². The zero-order valence-corrected chi connectivity index (χ0v) is 15.6. The Hall–Kier alpha value is -3.34. The fourth-order valence-electron chi connectivity index (χ4n) is 2.75. The molecule has 1 amide bonds. The minimum absolute atomic E-state index is 0.0830. The summed E-state index contributed by atoms with van der Waals surface area (Å²) in [6, 6.07) is 21.1. The standard InChI is InChI=1S/C22H23N3O2/c1-3-27-19-13-11-18(12-14-19)24-21-20(10-7-15-23-21)22(26)25(2)16-17-8-5-4-6-9-17/h4-15H,3,16H2,1-2H3,(H,23,24). The maximum absolute atomic E-state index is 12.9. The molecule has 0 aliphatic rings. The highest BCUT2D eigenvalue weighted by Crippen LogP contribution is 2.22. The van der Waals surface area contributed by atoms with Crippen molar-refractivity contribution < 1.29 is 9.53 Å². The first-order chi connectivity index (χ1) is 13.2. The van der Waals surface area contributed by atoms with Crippen molar-refractivity contribution in [3.63, 3.8) is 0 Å². The summed E-state index contributed by atoms with van der Waals surface area (Å²) in [5, 5.41) is 3.23. The van der Waals surface area contributed by atoms with E-state index >= 15 is 0 Å². The normalized spacial score (nSPS) is 10.3. The lowest BCUT2D eigenvalue weighted by atomic mass is 10.2. The number of nitrogens with one attached hydrogen (secondary N) is 1. The second kappa shape index (κ2) is 8.85. The predicted molar refractivity (Wildman–Crippen MR) is 107 cm³/mol. The predicted octanol–water partition coefficient (Wildman–Crippen LogP) is 4.50. The Morgan fingerprint density at radius 1 is 1.04 bits per heavy atom. The van der Waals surface area contributed by atoms with Crippen molar-refractivity contribution in [1.82, 2.24) is 9.88 Å². The highest BCUT2D eigenvalue weighted by Gasteiger charge is 2.17. The first-order valence-electron chi connectivity index (χ1n) is 8.91. The molecule has 5 nitrogen and oxygen atoms in total. The molecule has 0 aliphatic heterocycles. The van der Waals surface area contributed by atoms with Gasteiger partial charge in [-0.15, -0.1) is 0 Å². The molecule has 3 aromatic rings. The molecule has 1 heterocycles. The third-order valence-electron chi connectivity index (χ3n) is 4.08.